The molecule has 0 spiro atoms. The van der Waals surface area contributed by atoms with Crippen LogP contribution in [0, 0.1) is 5.41 Å². The van der Waals surface area contributed by atoms with Gasteiger partial charge in [-0.3, -0.25) is 4.79 Å². The number of hydrogen-bond donors (Lipinski definition) is 1. The van der Waals surface area contributed by atoms with Gasteiger partial charge < -0.3 is 14.8 Å². The van der Waals surface area contributed by atoms with E-state index in [0.717, 1.165) is 13.0 Å². The molecule has 0 radical (unpaired) electrons. The molecule has 1 fully saturated rings. The van der Waals surface area contributed by atoms with Gasteiger partial charge in [0.2, 0.25) is 0 Å². The van der Waals surface area contributed by atoms with E-state index >= 15 is 0 Å². The summed E-state index contributed by atoms with van der Waals surface area (Å²) in [5.41, 5.74) is 3.28. The second-order valence-electron chi connectivity index (χ2n) is 5.11. The van der Waals surface area contributed by atoms with Gasteiger partial charge in [-0.25, -0.2) is 0 Å². The molecule has 2 aliphatic heterocycles. The number of nitrogens with one attached hydrogen (secondary N) is 1. The lowest BCUT2D eigenvalue weighted by molar-refractivity contribution is -0.182. The maximum Gasteiger partial charge on any atom is 0.316 e. The van der Waals surface area contributed by atoms with Crippen LogP contribution in [-0.2, 0) is 27.1 Å². The predicted octanol–water partition coefficient (Wildman–Crippen LogP) is 1.39. The maximum atomic E-state index is 11.8. The van der Waals surface area contributed by atoms with Crippen LogP contribution < -0.4 is 5.32 Å². The number of rotatable bonds is 3. The van der Waals surface area contributed by atoms with Gasteiger partial charge in [0.05, 0.1) is 20.3 Å². The van der Waals surface area contributed by atoms with Crippen molar-refractivity contribution in [1.29, 1.82) is 0 Å². The van der Waals surface area contributed by atoms with E-state index in [1.165, 1.54) is 23.9 Å². The number of methoxy groups -OCH3 is 1. The first-order valence-corrected chi connectivity index (χ1v) is 6.25. The van der Waals surface area contributed by atoms with E-state index in [4.69, 9.17) is 9.47 Å². The predicted molar refractivity (Wildman–Crippen MR) is 67.6 cm³/mol. The molecule has 3 rings (SSSR count). The second-order valence-corrected chi connectivity index (χ2v) is 5.11. The van der Waals surface area contributed by atoms with E-state index in [2.05, 4.69) is 23.5 Å². The van der Waals surface area contributed by atoms with Gasteiger partial charge in [0.25, 0.3) is 0 Å². The summed E-state index contributed by atoms with van der Waals surface area (Å²) >= 11 is 0. The molecule has 1 aromatic carbocycles. The van der Waals surface area contributed by atoms with Crippen molar-refractivity contribution in [3.05, 3.63) is 29.3 Å². The standard InChI is InChI=1S/C14H17NO3/c1-17-13(16)14(8-18-9-14)7-10-2-3-12-11(6-10)4-5-15-12/h2-3,6,15H,4-5,7-9H2,1H3. The number of carbonyl (C=O) groups is 1. The Morgan fingerprint density at radius 2 is 2.33 bits per heavy atom. The summed E-state index contributed by atoms with van der Waals surface area (Å²) in [7, 11) is 1.44. The highest BCUT2D eigenvalue weighted by Gasteiger charge is 2.47. The first-order chi connectivity index (χ1) is 8.73. The van der Waals surface area contributed by atoms with Crippen LogP contribution in [0.3, 0.4) is 0 Å². The normalized spacial score (nSPS) is 19.6. The van der Waals surface area contributed by atoms with Crippen LogP contribution in [0.15, 0.2) is 18.2 Å². The molecule has 0 aliphatic carbocycles. The fourth-order valence-electron chi connectivity index (χ4n) is 2.72. The Morgan fingerprint density at radius 1 is 1.50 bits per heavy atom. The van der Waals surface area contributed by atoms with Gasteiger partial charge in [-0.15, -0.1) is 0 Å². The zero-order valence-electron chi connectivity index (χ0n) is 10.5. The molecule has 2 aliphatic rings. The van der Waals surface area contributed by atoms with Gasteiger partial charge in [0.15, 0.2) is 0 Å². The largest absolute Gasteiger partial charge is 0.468 e. The topological polar surface area (TPSA) is 47.6 Å². The van der Waals surface area contributed by atoms with Crippen LogP contribution >= 0.6 is 0 Å². The Hall–Kier alpha value is -1.55. The van der Waals surface area contributed by atoms with Gasteiger partial charge in [-0.05, 0) is 30.0 Å². The molecule has 1 aromatic rings. The van der Waals surface area contributed by atoms with Crippen molar-refractivity contribution < 1.29 is 14.3 Å². The molecule has 0 atom stereocenters. The molecular formula is C14H17NO3. The number of esters is 1. The van der Waals surface area contributed by atoms with Crippen molar-refractivity contribution >= 4 is 11.7 Å². The Balaban J connectivity index is 1.81. The third-order valence-corrected chi connectivity index (χ3v) is 3.80. The third-order valence-electron chi connectivity index (χ3n) is 3.80. The Kier molecular flexibility index (Phi) is 2.74. The van der Waals surface area contributed by atoms with Crippen LogP contribution in [0.5, 0.6) is 0 Å². The number of benzene rings is 1. The molecule has 2 heterocycles. The van der Waals surface area contributed by atoms with Gasteiger partial charge >= 0.3 is 5.97 Å². The lowest BCUT2D eigenvalue weighted by atomic mass is 9.79. The quantitative estimate of drug-likeness (QED) is 0.820. The Morgan fingerprint density at radius 3 is 3.00 bits per heavy atom. The first-order valence-electron chi connectivity index (χ1n) is 6.25. The molecule has 0 bridgehead atoms. The summed E-state index contributed by atoms with van der Waals surface area (Å²) in [6, 6.07) is 6.38. The monoisotopic (exact) mass is 247 g/mol. The summed E-state index contributed by atoms with van der Waals surface area (Å²) in [6.07, 6.45) is 1.76. The van der Waals surface area contributed by atoms with Gasteiger partial charge in [-0.2, -0.15) is 0 Å². The highest BCUT2D eigenvalue weighted by Crippen LogP contribution is 2.34. The van der Waals surface area contributed by atoms with Crippen LogP contribution in [0.2, 0.25) is 0 Å². The van der Waals surface area contributed by atoms with Gasteiger partial charge in [-0.1, -0.05) is 12.1 Å². The zero-order chi connectivity index (χ0) is 12.6. The Labute approximate surface area is 106 Å². The lowest BCUT2D eigenvalue weighted by Gasteiger charge is -2.38. The molecule has 0 saturated carbocycles. The fraction of sp³-hybridized carbons (Fsp3) is 0.500. The molecule has 1 saturated heterocycles. The minimum absolute atomic E-state index is 0.160. The molecule has 0 aromatic heterocycles. The van der Waals surface area contributed by atoms with Crippen molar-refractivity contribution in [3.63, 3.8) is 0 Å². The minimum Gasteiger partial charge on any atom is -0.468 e. The van der Waals surface area contributed by atoms with E-state index in [-0.39, 0.29) is 5.97 Å². The minimum atomic E-state index is -0.463. The highest BCUT2D eigenvalue weighted by molar-refractivity contribution is 5.78. The average molecular weight is 247 g/mol. The maximum absolute atomic E-state index is 11.8. The first kappa shape index (κ1) is 11.5. The van der Waals surface area contributed by atoms with Crippen molar-refractivity contribution in [2.45, 2.75) is 12.8 Å². The van der Waals surface area contributed by atoms with Crippen molar-refractivity contribution in [2.24, 2.45) is 5.41 Å². The lowest BCUT2D eigenvalue weighted by Crippen LogP contribution is -2.51. The summed E-state index contributed by atoms with van der Waals surface area (Å²) in [4.78, 5) is 11.8. The number of hydrogen-bond acceptors (Lipinski definition) is 4. The summed E-state index contributed by atoms with van der Waals surface area (Å²) in [5, 5.41) is 3.34. The summed E-state index contributed by atoms with van der Waals surface area (Å²) in [6.45, 7) is 1.94. The molecule has 4 nitrogen and oxygen atoms in total. The van der Waals surface area contributed by atoms with Crippen LogP contribution in [0.25, 0.3) is 0 Å². The van der Waals surface area contributed by atoms with Crippen LogP contribution in [0.4, 0.5) is 5.69 Å². The Bertz CT molecular complexity index is 480. The highest BCUT2D eigenvalue weighted by atomic mass is 16.5. The number of carbonyl (C=O) groups excluding carboxylic acids is 1. The SMILES string of the molecule is COC(=O)C1(Cc2ccc3c(c2)CCN3)COC1. The number of ether oxygens (including phenoxy) is 2. The van der Waals surface area contributed by atoms with Crippen molar-refractivity contribution in [3.8, 4) is 0 Å². The molecule has 18 heavy (non-hydrogen) atoms. The number of fused-ring (bicyclic) bond motifs is 1. The molecule has 0 unspecified atom stereocenters. The van der Waals surface area contributed by atoms with Crippen molar-refractivity contribution in [1.82, 2.24) is 0 Å². The van der Waals surface area contributed by atoms with E-state index in [0.29, 0.717) is 19.6 Å². The molecule has 4 heteroatoms. The molecule has 1 N–H and O–H groups in total. The smallest absolute Gasteiger partial charge is 0.316 e. The molecule has 0 amide bonds. The van der Waals surface area contributed by atoms with E-state index in [1.807, 2.05) is 0 Å². The third kappa shape index (κ3) is 1.77. The zero-order valence-corrected chi connectivity index (χ0v) is 10.5. The van der Waals surface area contributed by atoms with Crippen LogP contribution in [0.1, 0.15) is 11.1 Å². The molecular weight excluding hydrogens is 230 g/mol. The van der Waals surface area contributed by atoms with E-state index < -0.39 is 5.41 Å². The number of anilines is 1. The average Bonchev–Trinajstić information content (AvgIpc) is 2.80. The van der Waals surface area contributed by atoms with Crippen molar-refractivity contribution in [2.75, 3.05) is 32.2 Å². The summed E-state index contributed by atoms with van der Waals surface area (Å²) in [5.74, 6) is -0.160. The van der Waals surface area contributed by atoms with Gasteiger partial charge in [0.1, 0.15) is 5.41 Å². The van der Waals surface area contributed by atoms with E-state index in [1.54, 1.807) is 0 Å². The van der Waals surface area contributed by atoms with Gasteiger partial charge in [0, 0.05) is 12.2 Å². The van der Waals surface area contributed by atoms with Crippen LogP contribution in [-0.4, -0.2) is 32.8 Å². The van der Waals surface area contributed by atoms with E-state index in [9.17, 15) is 4.79 Å². The summed E-state index contributed by atoms with van der Waals surface area (Å²) < 4.78 is 10.1. The molecule has 96 valence electrons. The fourth-order valence-corrected chi connectivity index (χ4v) is 2.72. The second kappa shape index (κ2) is 4.28.